The fraction of sp³-hybridized carbons (Fsp3) is 1.00. The Labute approximate surface area is 92.8 Å². The summed E-state index contributed by atoms with van der Waals surface area (Å²) in [6.07, 6.45) is 3.51. The topological polar surface area (TPSA) is 15.3 Å². The van der Waals surface area contributed by atoms with Crippen molar-refractivity contribution in [2.45, 2.75) is 31.6 Å². The molecule has 3 atom stereocenters. The highest BCUT2D eigenvalue weighted by Gasteiger charge is 2.25. The molecule has 0 bridgehead atoms. The SMILES string of the molecule is CNC1CCN(CC(C)SC)CC1C. The largest absolute Gasteiger partial charge is 0.317 e. The van der Waals surface area contributed by atoms with Crippen molar-refractivity contribution in [3.63, 3.8) is 0 Å². The van der Waals surface area contributed by atoms with E-state index < -0.39 is 0 Å². The summed E-state index contributed by atoms with van der Waals surface area (Å²) < 4.78 is 0. The van der Waals surface area contributed by atoms with Crippen molar-refractivity contribution in [3.8, 4) is 0 Å². The standard InChI is InChI=1S/C11H24N2S/c1-9-7-13(8-10(2)14-4)6-5-11(9)12-3/h9-12H,5-8H2,1-4H3. The molecule has 1 aliphatic heterocycles. The van der Waals surface area contributed by atoms with E-state index in [9.17, 15) is 0 Å². The molecule has 0 aromatic carbocycles. The van der Waals surface area contributed by atoms with Crippen molar-refractivity contribution in [1.29, 1.82) is 0 Å². The minimum absolute atomic E-state index is 0.732. The molecule has 3 heteroatoms. The molecule has 0 spiro atoms. The summed E-state index contributed by atoms with van der Waals surface area (Å²) in [6, 6.07) is 0.732. The van der Waals surface area contributed by atoms with Crippen LogP contribution in [0.3, 0.4) is 0 Å². The van der Waals surface area contributed by atoms with E-state index in [0.717, 1.165) is 17.2 Å². The lowest BCUT2D eigenvalue weighted by Gasteiger charge is -2.37. The molecule has 1 N–H and O–H groups in total. The first kappa shape index (κ1) is 12.3. The van der Waals surface area contributed by atoms with Crippen molar-refractivity contribution in [1.82, 2.24) is 10.2 Å². The van der Waals surface area contributed by atoms with Crippen LogP contribution in [0.5, 0.6) is 0 Å². The molecule has 1 heterocycles. The van der Waals surface area contributed by atoms with Crippen LogP contribution in [0.15, 0.2) is 0 Å². The second-order valence-corrected chi connectivity index (χ2v) is 5.74. The van der Waals surface area contributed by atoms with E-state index in [1.54, 1.807) is 0 Å². The van der Waals surface area contributed by atoms with Crippen LogP contribution in [0.2, 0.25) is 0 Å². The van der Waals surface area contributed by atoms with Crippen molar-refractivity contribution in [2.24, 2.45) is 5.92 Å². The number of likely N-dealkylation sites (tertiary alicyclic amines) is 1. The molecule has 1 saturated heterocycles. The summed E-state index contributed by atoms with van der Waals surface area (Å²) in [7, 11) is 2.08. The third kappa shape index (κ3) is 3.44. The van der Waals surface area contributed by atoms with E-state index in [-0.39, 0.29) is 0 Å². The van der Waals surface area contributed by atoms with E-state index in [2.05, 4.69) is 37.4 Å². The van der Waals surface area contributed by atoms with Gasteiger partial charge in [-0.2, -0.15) is 11.8 Å². The van der Waals surface area contributed by atoms with Gasteiger partial charge in [-0.1, -0.05) is 13.8 Å². The lowest BCUT2D eigenvalue weighted by Crippen LogP contribution is -2.48. The van der Waals surface area contributed by atoms with Crippen molar-refractivity contribution in [3.05, 3.63) is 0 Å². The van der Waals surface area contributed by atoms with Gasteiger partial charge in [0.15, 0.2) is 0 Å². The Kier molecular flexibility index (Phi) is 5.28. The molecule has 0 aliphatic carbocycles. The Morgan fingerprint density at radius 3 is 2.79 bits per heavy atom. The van der Waals surface area contributed by atoms with E-state index >= 15 is 0 Å². The fourth-order valence-electron chi connectivity index (χ4n) is 2.26. The summed E-state index contributed by atoms with van der Waals surface area (Å²) in [5.74, 6) is 0.794. The molecule has 0 radical (unpaired) electrons. The third-order valence-corrected chi connectivity index (χ3v) is 4.23. The van der Waals surface area contributed by atoms with Crippen molar-refractivity contribution in [2.75, 3.05) is 32.9 Å². The molecule has 1 fully saturated rings. The molecule has 0 aromatic rings. The summed E-state index contributed by atoms with van der Waals surface area (Å²) in [5.41, 5.74) is 0. The maximum atomic E-state index is 3.41. The first-order valence-electron chi connectivity index (χ1n) is 5.59. The highest BCUT2D eigenvalue weighted by molar-refractivity contribution is 7.99. The van der Waals surface area contributed by atoms with Gasteiger partial charge in [-0.05, 0) is 32.2 Å². The van der Waals surface area contributed by atoms with Crippen molar-refractivity contribution < 1.29 is 0 Å². The molecular weight excluding hydrogens is 192 g/mol. The molecule has 0 saturated carbocycles. The zero-order valence-electron chi connectivity index (χ0n) is 9.92. The Morgan fingerprint density at radius 2 is 2.29 bits per heavy atom. The maximum Gasteiger partial charge on any atom is 0.0143 e. The quantitative estimate of drug-likeness (QED) is 0.769. The average molecular weight is 216 g/mol. The highest BCUT2D eigenvalue weighted by Crippen LogP contribution is 2.18. The zero-order chi connectivity index (χ0) is 10.6. The van der Waals surface area contributed by atoms with E-state index in [1.807, 2.05) is 11.8 Å². The maximum absolute atomic E-state index is 3.41. The molecule has 3 unspecified atom stereocenters. The minimum atomic E-state index is 0.732. The van der Waals surface area contributed by atoms with Crippen LogP contribution in [0.1, 0.15) is 20.3 Å². The monoisotopic (exact) mass is 216 g/mol. The number of nitrogens with one attached hydrogen (secondary N) is 1. The van der Waals surface area contributed by atoms with Gasteiger partial charge in [-0.3, -0.25) is 0 Å². The Bertz CT molecular complexity index is 163. The van der Waals surface area contributed by atoms with Crippen LogP contribution in [-0.2, 0) is 0 Å². The predicted molar refractivity (Wildman–Crippen MR) is 66.0 cm³/mol. The highest BCUT2D eigenvalue weighted by atomic mass is 32.2. The summed E-state index contributed by atoms with van der Waals surface area (Å²) in [5, 5.41) is 4.18. The van der Waals surface area contributed by atoms with Gasteiger partial charge in [0, 0.05) is 24.4 Å². The first-order valence-corrected chi connectivity index (χ1v) is 6.88. The van der Waals surface area contributed by atoms with E-state index in [0.29, 0.717) is 0 Å². The number of hydrogen-bond acceptors (Lipinski definition) is 3. The third-order valence-electron chi connectivity index (χ3n) is 3.28. The summed E-state index contributed by atoms with van der Waals surface area (Å²) in [4.78, 5) is 2.61. The zero-order valence-corrected chi connectivity index (χ0v) is 10.7. The lowest BCUT2D eigenvalue weighted by atomic mass is 9.94. The van der Waals surface area contributed by atoms with Gasteiger partial charge in [0.25, 0.3) is 0 Å². The van der Waals surface area contributed by atoms with Crippen molar-refractivity contribution >= 4 is 11.8 Å². The predicted octanol–water partition coefficient (Wildman–Crippen LogP) is 1.67. The molecule has 1 aliphatic rings. The molecule has 14 heavy (non-hydrogen) atoms. The number of nitrogens with zero attached hydrogens (tertiary/aromatic N) is 1. The lowest BCUT2D eigenvalue weighted by molar-refractivity contribution is 0.153. The van der Waals surface area contributed by atoms with E-state index in [4.69, 9.17) is 0 Å². The Morgan fingerprint density at radius 1 is 1.57 bits per heavy atom. The fourth-order valence-corrected chi connectivity index (χ4v) is 2.62. The van der Waals surface area contributed by atoms with Gasteiger partial charge in [-0.25, -0.2) is 0 Å². The van der Waals surface area contributed by atoms with Gasteiger partial charge >= 0.3 is 0 Å². The van der Waals surface area contributed by atoms with Gasteiger partial charge in [0.05, 0.1) is 0 Å². The molecule has 2 nitrogen and oxygen atoms in total. The normalized spacial score (nSPS) is 31.7. The van der Waals surface area contributed by atoms with E-state index in [1.165, 1.54) is 26.1 Å². The summed E-state index contributed by atoms with van der Waals surface area (Å²) >= 11 is 1.97. The number of thioether (sulfide) groups is 1. The number of piperidine rings is 1. The number of hydrogen-bond donors (Lipinski definition) is 1. The second kappa shape index (κ2) is 5.99. The average Bonchev–Trinajstić information content (AvgIpc) is 2.18. The molecule has 0 aromatic heterocycles. The van der Waals surface area contributed by atoms with Gasteiger partial charge in [0.2, 0.25) is 0 Å². The molecule has 0 amide bonds. The van der Waals surface area contributed by atoms with Crippen LogP contribution in [0.25, 0.3) is 0 Å². The number of rotatable bonds is 4. The molecule has 84 valence electrons. The van der Waals surface area contributed by atoms with Crippen LogP contribution in [0, 0.1) is 5.92 Å². The second-order valence-electron chi connectivity index (χ2n) is 4.47. The summed E-state index contributed by atoms with van der Waals surface area (Å²) in [6.45, 7) is 8.45. The van der Waals surface area contributed by atoms with Gasteiger partial charge in [-0.15, -0.1) is 0 Å². The minimum Gasteiger partial charge on any atom is -0.317 e. The van der Waals surface area contributed by atoms with Gasteiger partial charge < -0.3 is 10.2 Å². The Balaban J connectivity index is 2.31. The first-order chi connectivity index (χ1) is 6.67. The van der Waals surface area contributed by atoms with Crippen LogP contribution < -0.4 is 5.32 Å². The molecular formula is C11H24N2S. The van der Waals surface area contributed by atoms with Gasteiger partial charge in [0.1, 0.15) is 0 Å². The van der Waals surface area contributed by atoms with Crippen LogP contribution >= 0.6 is 11.8 Å². The van der Waals surface area contributed by atoms with Crippen LogP contribution in [0.4, 0.5) is 0 Å². The Hall–Kier alpha value is 0.270. The molecule has 1 rings (SSSR count). The van der Waals surface area contributed by atoms with Crippen LogP contribution in [-0.4, -0.2) is 49.1 Å². The smallest absolute Gasteiger partial charge is 0.0143 e.